The Morgan fingerprint density at radius 1 is 1.45 bits per heavy atom. The van der Waals surface area contributed by atoms with Crippen LogP contribution in [0.4, 0.5) is 13.2 Å². The lowest BCUT2D eigenvalue weighted by molar-refractivity contribution is -0.445. The van der Waals surface area contributed by atoms with Crippen LogP contribution in [0.25, 0.3) is 0 Å². The number of halogens is 3. The summed E-state index contributed by atoms with van der Waals surface area (Å²) in [6.07, 6.45) is -3.51. The van der Waals surface area contributed by atoms with E-state index < -0.39 is 6.36 Å². The average molecular weight is 168 g/mol. The van der Waals surface area contributed by atoms with E-state index in [1.54, 1.807) is 0 Å². The second-order valence-electron chi connectivity index (χ2n) is 1.52. The van der Waals surface area contributed by atoms with E-state index in [1.807, 2.05) is 0 Å². The van der Waals surface area contributed by atoms with Crippen LogP contribution in [-0.2, 0) is 4.89 Å². The molecule has 1 aromatic heterocycles. The van der Waals surface area contributed by atoms with E-state index in [2.05, 4.69) is 20.0 Å². The highest BCUT2D eigenvalue weighted by atomic mass is 19.4. The fraction of sp³-hybridized carbons (Fsp3) is 0.250. The van der Waals surface area contributed by atoms with Gasteiger partial charge in [-0.1, -0.05) is 4.89 Å². The smallest absolute Gasteiger partial charge is 0.307 e. The maximum absolute atomic E-state index is 11.3. The second kappa shape index (κ2) is 2.79. The molecule has 0 saturated heterocycles. The van der Waals surface area contributed by atoms with Gasteiger partial charge >= 0.3 is 6.36 Å². The van der Waals surface area contributed by atoms with Gasteiger partial charge in [-0.25, -0.2) is 0 Å². The Bertz CT molecular complexity index is 208. The van der Waals surface area contributed by atoms with Crippen molar-refractivity contribution in [1.82, 2.24) is 10.2 Å². The Kier molecular flexibility index (Phi) is 1.99. The van der Waals surface area contributed by atoms with Gasteiger partial charge in [-0.15, -0.1) is 18.3 Å². The van der Waals surface area contributed by atoms with Gasteiger partial charge in [-0.2, -0.15) is 0 Å². The van der Waals surface area contributed by atoms with Crippen molar-refractivity contribution < 1.29 is 22.9 Å². The van der Waals surface area contributed by atoms with E-state index in [0.717, 1.165) is 0 Å². The lowest BCUT2D eigenvalue weighted by atomic mass is 10.7. The molecule has 0 aliphatic heterocycles. The first-order valence-electron chi connectivity index (χ1n) is 2.50. The molecule has 0 radical (unpaired) electrons. The van der Waals surface area contributed by atoms with Crippen molar-refractivity contribution in [3.05, 3.63) is 12.3 Å². The van der Waals surface area contributed by atoms with E-state index in [-0.39, 0.29) is 5.88 Å². The van der Waals surface area contributed by atoms with Crippen LogP contribution in [-0.4, -0.2) is 16.6 Å². The van der Waals surface area contributed by atoms with E-state index >= 15 is 0 Å². The minimum absolute atomic E-state index is 0.276. The third-order valence-electron chi connectivity index (χ3n) is 0.697. The van der Waals surface area contributed by atoms with Gasteiger partial charge in [0.15, 0.2) is 0 Å². The largest absolute Gasteiger partial charge is 0.558 e. The Labute approximate surface area is 58.8 Å². The van der Waals surface area contributed by atoms with Gasteiger partial charge in [0.1, 0.15) is 0 Å². The number of hydrogen-bond acceptors (Lipinski definition) is 3. The zero-order valence-corrected chi connectivity index (χ0v) is 5.05. The highest BCUT2D eigenvalue weighted by Crippen LogP contribution is 2.17. The van der Waals surface area contributed by atoms with Gasteiger partial charge in [0.05, 0.1) is 0 Å². The summed E-state index contributed by atoms with van der Waals surface area (Å²) in [5.41, 5.74) is 0. The van der Waals surface area contributed by atoms with Gasteiger partial charge in [0.2, 0.25) is 0 Å². The molecule has 0 spiro atoms. The van der Waals surface area contributed by atoms with Crippen molar-refractivity contribution in [3.8, 4) is 5.88 Å². The average Bonchev–Trinajstić information content (AvgIpc) is 2.32. The van der Waals surface area contributed by atoms with Crippen molar-refractivity contribution in [2.45, 2.75) is 6.36 Å². The topological polar surface area (TPSA) is 47.1 Å². The number of nitrogens with one attached hydrogen (secondary N) is 1. The molecule has 0 saturated carbocycles. The van der Waals surface area contributed by atoms with Gasteiger partial charge in [-0.3, -0.25) is 5.10 Å². The summed E-state index contributed by atoms with van der Waals surface area (Å²) in [7, 11) is 0. The molecule has 0 amide bonds. The van der Waals surface area contributed by atoms with Crippen LogP contribution in [0.5, 0.6) is 5.88 Å². The highest BCUT2D eigenvalue weighted by Gasteiger charge is 2.32. The van der Waals surface area contributed by atoms with E-state index in [9.17, 15) is 13.2 Å². The molecule has 0 aliphatic carbocycles. The molecule has 4 nitrogen and oxygen atoms in total. The molecule has 1 N–H and O–H groups in total. The van der Waals surface area contributed by atoms with Crippen LogP contribution in [0.1, 0.15) is 0 Å². The van der Waals surface area contributed by atoms with E-state index in [0.29, 0.717) is 0 Å². The van der Waals surface area contributed by atoms with Crippen LogP contribution in [0.3, 0.4) is 0 Å². The molecule has 0 unspecified atom stereocenters. The fourth-order valence-corrected chi connectivity index (χ4v) is 0.383. The fourth-order valence-electron chi connectivity index (χ4n) is 0.383. The first-order valence-corrected chi connectivity index (χ1v) is 2.50. The molecule has 0 fully saturated rings. The maximum Gasteiger partial charge on any atom is 0.558 e. The summed E-state index contributed by atoms with van der Waals surface area (Å²) in [5.74, 6) is -0.276. The monoisotopic (exact) mass is 168 g/mol. The van der Waals surface area contributed by atoms with Crippen LogP contribution in [0.2, 0.25) is 0 Å². The number of nitrogens with zero attached hydrogens (tertiary/aromatic N) is 1. The zero-order valence-electron chi connectivity index (χ0n) is 5.05. The summed E-state index contributed by atoms with van der Waals surface area (Å²) in [6, 6.07) is 1.19. The molecule has 11 heavy (non-hydrogen) atoms. The Morgan fingerprint density at radius 2 is 2.18 bits per heavy atom. The first kappa shape index (κ1) is 7.86. The number of rotatable bonds is 2. The Balaban J connectivity index is 2.35. The van der Waals surface area contributed by atoms with Gasteiger partial charge < -0.3 is 4.89 Å². The van der Waals surface area contributed by atoms with Gasteiger partial charge in [-0.05, 0) is 0 Å². The van der Waals surface area contributed by atoms with Crippen molar-refractivity contribution in [3.63, 3.8) is 0 Å². The predicted molar refractivity (Wildman–Crippen MR) is 26.4 cm³/mol. The predicted octanol–water partition coefficient (Wildman–Crippen LogP) is 1.24. The molecule has 0 bridgehead atoms. The van der Waals surface area contributed by atoms with Gasteiger partial charge in [0.25, 0.3) is 5.88 Å². The lowest BCUT2D eigenvalue weighted by Crippen LogP contribution is -2.15. The summed E-state index contributed by atoms with van der Waals surface area (Å²) in [4.78, 5) is 6.73. The number of H-pyrrole nitrogens is 1. The minimum atomic E-state index is -4.81. The summed E-state index contributed by atoms with van der Waals surface area (Å²) in [5, 5.41) is 5.49. The first-order chi connectivity index (χ1) is 5.08. The summed E-state index contributed by atoms with van der Waals surface area (Å²) >= 11 is 0. The van der Waals surface area contributed by atoms with Crippen molar-refractivity contribution >= 4 is 0 Å². The van der Waals surface area contributed by atoms with Crippen molar-refractivity contribution in [2.24, 2.45) is 0 Å². The molecule has 0 atom stereocenters. The van der Waals surface area contributed by atoms with Crippen LogP contribution < -0.4 is 4.89 Å². The quantitative estimate of drug-likeness (QED) is 0.533. The minimum Gasteiger partial charge on any atom is -0.307 e. The number of hydrogen-bond donors (Lipinski definition) is 1. The molecule has 7 heteroatoms. The summed E-state index contributed by atoms with van der Waals surface area (Å²) in [6.45, 7) is 0. The molecule has 1 heterocycles. The molecule has 0 aliphatic rings. The third-order valence-corrected chi connectivity index (χ3v) is 0.697. The molecule has 62 valence electrons. The molecular formula is C4H3F3N2O2. The highest BCUT2D eigenvalue weighted by molar-refractivity contribution is 5.02. The second-order valence-corrected chi connectivity index (χ2v) is 1.52. The molecular weight excluding hydrogens is 165 g/mol. The van der Waals surface area contributed by atoms with Gasteiger partial charge in [0, 0.05) is 12.3 Å². The van der Waals surface area contributed by atoms with E-state index in [1.165, 1.54) is 12.3 Å². The normalized spacial score (nSPS) is 11.5. The summed E-state index contributed by atoms with van der Waals surface area (Å²) < 4.78 is 33.8. The van der Waals surface area contributed by atoms with Crippen molar-refractivity contribution in [2.75, 3.05) is 0 Å². The standard InChI is InChI=1S/C4H3F3N2O2/c5-4(6,7)11-10-3-1-2-8-9-3/h1-2H,(H,8,9). The molecule has 1 rings (SSSR count). The maximum atomic E-state index is 11.3. The van der Waals surface area contributed by atoms with Crippen molar-refractivity contribution in [1.29, 1.82) is 0 Å². The number of aromatic nitrogens is 2. The SMILES string of the molecule is FC(F)(F)OOc1cc[nH]n1. The zero-order chi connectivity index (χ0) is 8.32. The number of alkyl halides is 3. The lowest BCUT2D eigenvalue weighted by Gasteiger charge is -2.02. The third kappa shape index (κ3) is 2.89. The Hall–Kier alpha value is -1.24. The molecule has 1 aromatic rings. The van der Waals surface area contributed by atoms with Crippen LogP contribution in [0, 0.1) is 0 Å². The van der Waals surface area contributed by atoms with E-state index in [4.69, 9.17) is 0 Å². The molecule has 0 aromatic carbocycles. The van der Waals surface area contributed by atoms with Crippen LogP contribution in [0.15, 0.2) is 12.3 Å². The Morgan fingerprint density at radius 3 is 2.64 bits per heavy atom. The van der Waals surface area contributed by atoms with Crippen LogP contribution >= 0.6 is 0 Å². The number of aromatic amines is 1.